The van der Waals surface area contributed by atoms with E-state index >= 15 is 0 Å². The van der Waals surface area contributed by atoms with Crippen molar-refractivity contribution in [3.63, 3.8) is 0 Å². The largest absolute Gasteiger partial charge is 0.344 e. The Hall–Kier alpha value is -0.880. The van der Waals surface area contributed by atoms with E-state index in [1.165, 1.54) is 12.8 Å². The van der Waals surface area contributed by atoms with Gasteiger partial charge in [0.1, 0.15) is 5.82 Å². The van der Waals surface area contributed by atoms with Gasteiger partial charge in [-0.1, -0.05) is 0 Å². The molecule has 1 saturated heterocycles. The van der Waals surface area contributed by atoms with Gasteiger partial charge in [-0.25, -0.2) is 13.4 Å². The van der Waals surface area contributed by atoms with Gasteiger partial charge in [0.25, 0.3) is 0 Å². The van der Waals surface area contributed by atoms with Gasteiger partial charge in [0.2, 0.25) is 0 Å². The van der Waals surface area contributed by atoms with Gasteiger partial charge in [-0.3, -0.25) is 0 Å². The highest BCUT2D eigenvalue weighted by Crippen LogP contribution is 2.38. The van der Waals surface area contributed by atoms with Gasteiger partial charge in [0.15, 0.2) is 9.84 Å². The van der Waals surface area contributed by atoms with Crippen LogP contribution in [0.1, 0.15) is 36.3 Å². The molecule has 0 aromatic carbocycles. The summed E-state index contributed by atoms with van der Waals surface area (Å²) in [7, 11) is -2.89. The first-order chi connectivity index (χ1) is 7.64. The van der Waals surface area contributed by atoms with Crippen molar-refractivity contribution in [3.8, 4) is 0 Å². The molecule has 0 spiro atoms. The molecule has 0 amide bonds. The minimum atomic E-state index is -2.89. The van der Waals surface area contributed by atoms with Crippen LogP contribution in [0, 0.1) is 0 Å². The molecule has 3 rings (SSSR count). The van der Waals surface area contributed by atoms with Crippen molar-refractivity contribution in [2.24, 2.45) is 0 Å². The van der Waals surface area contributed by atoms with Crippen LogP contribution in [-0.4, -0.2) is 36.4 Å². The van der Waals surface area contributed by atoms with Crippen LogP contribution in [0.15, 0.2) is 6.20 Å². The fraction of sp³-hybridized carbons (Fsp3) is 0.700. The van der Waals surface area contributed by atoms with Crippen molar-refractivity contribution >= 4 is 9.84 Å². The summed E-state index contributed by atoms with van der Waals surface area (Å²) in [6.07, 6.45) is 4.17. The first kappa shape index (κ1) is 10.3. The Morgan fingerprint density at radius 2 is 2.19 bits per heavy atom. The molecule has 1 aromatic rings. The zero-order valence-electron chi connectivity index (χ0n) is 8.94. The van der Waals surface area contributed by atoms with E-state index in [-0.39, 0.29) is 17.5 Å². The number of nitrogens with zero attached hydrogens (tertiary/aromatic N) is 1. The summed E-state index contributed by atoms with van der Waals surface area (Å²) in [6, 6.07) is -0.112. The fourth-order valence-corrected chi connectivity index (χ4v) is 3.48. The van der Waals surface area contributed by atoms with E-state index in [4.69, 9.17) is 0 Å². The third kappa shape index (κ3) is 1.99. The predicted molar refractivity (Wildman–Crippen MR) is 60.0 cm³/mol. The number of sulfone groups is 1. The molecule has 1 aliphatic heterocycles. The van der Waals surface area contributed by atoms with Crippen molar-refractivity contribution in [1.29, 1.82) is 0 Å². The normalized spacial score (nSPS) is 29.1. The fourth-order valence-electron chi connectivity index (χ4n) is 2.08. The molecular weight excluding hydrogens is 226 g/mol. The van der Waals surface area contributed by atoms with Crippen LogP contribution in [0.25, 0.3) is 0 Å². The summed E-state index contributed by atoms with van der Waals surface area (Å²) in [5, 5.41) is 3.21. The molecule has 0 bridgehead atoms. The molecule has 2 aliphatic rings. The third-order valence-corrected chi connectivity index (χ3v) is 4.85. The number of imidazole rings is 1. The SMILES string of the molecule is O=S1(=O)CCNC(c2cnc(C3CC3)[nH]2)C1. The third-order valence-electron chi connectivity index (χ3n) is 3.18. The molecule has 5 nitrogen and oxygen atoms in total. The molecule has 0 radical (unpaired) electrons. The van der Waals surface area contributed by atoms with Gasteiger partial charge in [-0.05, 0) is 12.8 Å². The van der Waals surface area contributed by atoms with Crippen LogP contribution in [0.2, 0.25) is 0 Å². The number of nitrogens with one attached hydrogen (secondary N) is 2. The van der Waals surface area contributed by atoms with Gasteiger partial charge in [-0.2, -0.15) is 0 Å². The summed E-state index contributed by atoms with van der Waals surface area (Å²) in [5.41, 5.74) is 0.908. The zero-order chi connectivity index (χ0) is 11.2. The summed E-state index contributed by atoms with van der Waals surface area (Å²) >= 11 is 0. The highest BCUT2D eigenvalue weighted by atomic mass is 32.2. The summed E-state index contributed by atoms with van der Waals surface area (Å²) in [6.45, 7) is 0.533. The van der Waals surface area contributed by atoms with Gasteiger partial charge in [-0.15, -0.1) is 0 Å². The Morgan fingerprint density at radius 1 is 1.38 bits per heavy atom. The number of rotatable bonds is 2. The van der Waals surface area contributed by atoms with Gasteiger partial charge >= 0.3 is 0 Å². The van der Waals surface area contributed by atoms with E-state index < -0.39 is 9.84 Å². The number of hydrogen-bond donors (Lipinski definition) is 2. The number of hydrogen-bond acceptors (Lipinski definition) is 4. The smallest absolute Gasteiger partial charge is 0.153 e. The summed E-state index contributed by atoms with van der Waals surface area (Å²) in [5.74, 6) is 2.01. The lowest BCUT2D eigenvalue weighted by atomic mass is 10.2. The standard InChI is InChI=1S/C10H15N3O2S/c14-16(15)4-3-11-9(6-16)8-5-12-10(13-8)7-1-2-7/h5,7,9,11H,1-4,6H2,(H,12,13). The second-order valence-electron chi connectivity index (χ2n) is 4.62. The van der Waals surface area contributed by atoms with Crippen molar-refractivity contribution in [2.75, 3.05) is 18.1 Å². The zero-order valence-corrected chi connectivity index (χ0v) is 9.76. The maximum atomic E-state index is 11.5. The van der Waals surface area contributed by atoms with E-state index in [1.807, 2.05) is 0 Å². The molecule has 88 valence electrons. The Balaban J connectivity index is 1.80. The quantitative estimate of drug-likeness (QED) is 0.783. The van der Waals surface area contributed by atoms with E-state index in [9.17, 15) is 8.42 Å². The van der Waals surface area contributed by atoms with Gasteiger partial charge < -0.3 is 10.3 Å². The monoisotopic (exact) mass is 241 g/mol. The molecule has 1 unspecified atom stereocenters. The highest BCUT2D eigenvalue weighted by Gasteiger charge is 2.30. The average Bonchev–Trinajstić information content (AvgIpc) is 2.95. The van der Waals surface area contributed by atoms with Crippen LogP contribution < -0.4 is 5.32 Å². The number of aromatic amines is 1. The second-order valence-corrected chi connectivity index (χ2v) is 6.85. The minimum absolute atomic E-state index is 0.112. The molecule has 1 saturated carbocycles. The average molecular weight is 241 g/mol. The van der Waals surface area contributed by atoms with Crippen molar-refractivity contribution < 1.29 is 8.42 Å². The molecule has 1 atom stereocenters. The van der Waals surface area contributed by atoms with Crippen LogP contribution >= 0.6 is 0 Å². The van der Waals surface area contributed by atoms with Gasteiger partial charge in [0.05, 0.1) is 23.2 Å². The Morgan fingerprint density at radius 3 is 2.88 bits per heavy atom. The molecule has 2 fully saturated rings. The first-order valence-electron chi connectivity index (χ1n) is 5.63. The van der Waals surface area contributed by atoms with Crippen molar-refractivity contribution in [1.82, 2.24) is 15.3 Å². The molecular formula is C10H15N3O2S. The lowest BCUT2D eigenvalue weighted by Gasteiger charge is -2.22. The Labute approximate surface area is 94.6 Å². The minimum Gasteiger partial charge on any atom is -0.344 e. The van der Waals surface area contributed by atoms with E-state index in [0.29, 0.717) is 12.5 Å². The topological polar surface area (TPSA) is 74.8 Å². The molecule has 2 N–H and O–H groups in total. The van der Waals surface area contributed by atoms with Gasteiger partial charge in [0, 0.05) is 18.7 Å². The lowest BCUT2D eigenvalue weighted by Crippen LogP contribution is -2.39. The molecule has 2 heterocycles. The van der Waals surface area contributed by atoms with Crippen molar-refractivity contribution in [2.45, 2.75) is 24.8 Å². The predicted octanol–water partition coefficient (Wildman–Crippen LogP) is 0.346. The summed E-state index contributed by atoms with van der Waals surface area (Å²) < 4.78 is 23.0. The first-order valence-corrected chi connectivity index (χ1v) is 7.45. The van der Waals surface area contributed by atoms with E-state index in [2.05, 4.69) is 15.3 Å². The molecule has 6 heteroatoms. The van der Waals surface area contributed by atoms with Crippen molar-refractivity contribution in [3.05, 3.63) is 17.7 Å². The maximum absolute atomic E-state index is 11.5. The maximum Gasteiger partial charge on any atom is 0.153 e. The van der Waals surface area contributed by atoms with E-state index in [1.54, 1.807) is 6.20 Å². The Bertz CT molecular complexity index is 490. The number of H-pyrrole nitrogens is 1. The van der Waals surface area contributed by atoms with Crippen LogP contribution in [0.5, 0.6) is 0 Å². The van der Waals surface area contributed by atoms with Crippen LogP contribution in [0.4, 0.5) is 0 Å². The Kier molecular flexibility index (Phi) is 2.29. The van der Waals surface area contributed by atoms with E-state index in [0.717, 1.165) is 11.5 Å². The van der Waals surface area contributed by atoms with Crippen LogP contribution in [0.3, 0.4) is 0 Å². The molecule has 16 heavy (non-hydrogen) atoms. The molecule has 1 aliphatic carbocycles. The molecule has 1 aromatic heterocycles. The second kappa shape index (κ2) is 3.56. The number of aromatic nitrogens is 2. The van der Waals surface area contributed by atoms with Crippen LogP contribution in [-0.2, 0) is 9.84 Å². The lowest BCUT2D eigenvalue weighted by molar-refractivity contribution is 0.524. The summed E-state index contributed by atoms with van der Waals surface area (Å²) in [4.78, 5) is 7.56. The highest BCUT2D eigenvalue weighted by molar-refractivity contribution is 7.91.